The standard InChI is InChI=1S/C29H30NO/c1-2-3-23-31-29-21-19-25(20-22-29)24-30(26-13-7-4-8-14-26,27-15-9-5-10-16-27)28-17-11-6-12-18-28/h4-22H,2-3,23-24H2,1H3/q+1. The van der Waals surface area contributed by atoms with E-state index in [9.17, 15) is 0 Å². The van der Waals surface area contributed by atoms with Crippen LogP contribution in [-0.4, -0.2) is 6.61 Å². The molecule has 0 spiro atoms. The highest BCUT2D eigenvalue weighted by molar-refractivity contribution is 5.70. The fourth-order valence-electron chi connectivity index (χ4n) is 4.07. The van der Waals surface area contributed by atoms with Gasteiger partial charge in [-0.2, -0.15) is 0 Å². The molecule has 0 aliphatic carbocycles. The summed E-state index contributed by atoms with van der Waals surface area (Å²) < 4.78 is 6.50. The van der Waals surface area contributed by atoms with Crippen LogP contribution in [0.2, 0.25) is 0 Å². The summed E-state index contributed by atoms with van der Waals surface area (Å²) in [5.41, 5.74) is 4.98. The molecule has 2 nitrogen and oxygen atoms in total. The fourth-order valence-corrected chi connectivity index (χ4v) is 4.07. The van der Waals surface area contributed by atoms with Crippen molar-refractivity contribution in [3.05, 3.63) is 121 Å². The van der Waals surface area contributed by atoms with Gasteiger partial charge in [-0.05, 0) is 67.1 Å². The van der Waals surface area contributed by atoms with Gasteiger partial charge in [-0.25, -0.2) is 4.48 Å². The molecule has 0 amide bonds. The Hall–Kier alpha value is -3.36. The average molecular weight is 409 g/mol. The van der Waals surface area contributed by atoms with Gasteiger partial charge in [-0.1, -0.05) is 67.9 Å². The molecule has 31 heavy (non-hydrogen) atoms. The van der Waals surface area contributed by atoms with Crippen molar-refractivity contribution in [2.24, 2.45) is 0 Å². The number of hydrogen-bond donors (Lipinski definition) is 0. The zero-order valence-corrected chi connectivity index (χ0v) is 18.2. The van der Waals surface area contributed by atoms with Crippen molar-refractivity contribution in [1.29, 1.82) is 0 Å². The molecule has 156 valence electrons. The van der Waals surface area contributed by atoms with E-state index < -0.39 is 0 Å². The third-order valence-corrected chi connectivity index (χ3v) is 5.70. The van der Waals surface area contributed by atoms with Gasteiger partial charge >= 0.3 is 0 Å². The number of para-hydroxylation sites is 3. The number of unbranched alkanes of at least 4 members (excludes halogenated alkanes) is 1. The summed E-state index contributed by atoms with van der Waals surface area (Å²) in [6.45, 7) is 3.77. The minimum Gasteiger partial charge on any atom is -0.494 e. The first kappa shape index (κ1) is 20.9. The molecule has 0 aromatic heterocycles. The van der Waals surface area contributed by atoms with Crippen molar-refractivity contribution in [3.8, 4) is 5.75 Å². The fraction of sp³-hybridized carbons (Fsp3) is 0.172. The topological polar surface area (TPSA) is 9.23 Å². The summed E-state index contributed by atoms with van der Waals surface area (Å²) in [6, 6.07) is 40.9. The van der Waals surface area contributed by atoms with Crippen molar-refractivity contribution < 1.29 is 4.74 Å². The Balaban J connectivity index is 1.79. The predicted octanol–water partition coefficient (Wildman–Crippen LogP) is 8.04. The number of rotatable bonds is 9. The van der Waals surface area contributed by atoms with Crippen LogP contribution < -0.4 is 9.22 Å². The molecule has 4 aromatic carbocycles. The molecule has 4 aromatic rings. The van der Waals surface area contributed by atoms with Crippen LogP contribution in [0.4, 0.5) is 17.1 Å². The second-order valence-electron chi connectivity index (χ2n) is 7.82. The van der Waals surface area contributed by atoms with E-state index in [1.54, 1.807) is 0 Å². The Morgan fingerprint density at radius 2 is 1.03 bits per heavy atom. The lowest BCUT2D eigenvalue weighted by molar-refractivity contribution is 0.309. The quantitative estimate of drug-likeness (QED) is 0.201. The van der Waals surface area contributed by atoms with E-state index in [4.69, 9.17) is 4.74 Å². The van der Waals surface area contributed by atoms with Crippen LogP contribution in [0.1, 0.15) is 25.3 Å². The van der Waals surface area contributed by atoms with Crippen LogP contribution in [0.5, 0.6) is 5.75 Å². The first-order valence-electron chi connectivity index (χ1n) is 11.1. The van der Waals surface area contributed by atoms with Gasteiger partial charge in [-0.15, -0.1) is 0 Å². The average Bonchev–Trinajstić information content (AvgIpc) is 2.85. The minimum atomic E-state index is 0.624. The Bertz CT molecular complexity index is 948. The lowest BCUT2D eigenvalue weighted by Gasteiger charge is -2.37. The summed E-state index contributed by atoms with van der Waals surface area (Å²) in [5.74, 6) is 0.939. The Morgan fingerprint density at radius 3 is 1.45 bits per heavy atom. The normalized spacial score (nSPS) is 11.3. The summed E-state index contributed by atoms with van der Waals surface area (Å²) in [5, 5.41) is 0. The molecule has 0 aliphatic rings. The van der Waals surface area contributed by atoms with Crippen LogP contribution in [0.3, 0.4) is 0 Å². The molecule has 0 N–H and O–H groups in total. The molecule has 4 rings (SSSR count). The molecule has 0 heterocycles. The Labute approximate surface area is 186 Å². The lowest BCUT2D eigenvalue weighted by atomic mass is 10.1. The highest BCUT2D eigenvalue weighted by Gasteiger charge is 2.36. The molecule has 0 aliphatic heterocycles. The third kappa shape index (κ3) is 4.70. The predicted molar refractivity (Wildman–Crippen MR) is 131 cm³/mol. The Morgan fingerprint density at radius 1 is 0.581 bits per heavy atom. The first-order chi connectivity index (χ1) is 15.3. The summed E-state index contributed by atoms with van der Waals surface area (Å²) in [7, 11) is 0. The number of benzene rings is 4. The smallest absolute Gasteiger partial charge is 0.143 e. The van der Waals surface area contributed by atoms with Gasteiger partial charge in [0.1, 0.15) is 29.4 Å². The molecule has 0 fully saturated rings. The Kier molecular flexibility index (Phi) is 6.81. The number of ether oxygens (including phenoxy) is 1. The number of quaternary nitrogens is 1. The first-order valence-corrected chi connectivity index (χ1v) is 11.1. The molecular formula is C29H30NO+. The van der Waals surface area contributed by atoms with Crippen LogP contribution in [0, 0.1) is 0 Å². The van der Waals surface area contributed by atoms with E-state index in [1.807, 2.05) is 0 Å². The van der Waals surface area contributed by atoms with Gasteiger partial charge in [-0.3, -0.25) is 0 Å². The van der Waals surface area contributed by atoms with Gasteiger partial charge in [0.25, 0.3) is 0 Å². The van der Waals surface area contributed by atoms with Crippen molar-refractivity contribution >= 4 is 17.1 Å². The summed E-state index contributed by atoms with van der Waals surface area (Å²) >= 11 is 0. The molecule has 0 saturated heterocycles. The zero-order chi connectivity index (χ0) is 21.4. The zero-order valence-electron chi connectivity index (χ0n) is 18.2. The third-order valence-electron chi connectivity index (χ3n) is 5.70. The van der Waals surface area contributed by atoms with Gasteiger partial charge in [0.05, 0.1) is 6.61 Å². The molecule has 0 saturated carbocycles. The number of hydrogen-bond acceptors (Lipinski definition) is 1. The van der Waals surface area contributed by atoms with E-state index in [-0.39, 0.29) is 0 Å². The second-order valence-corrected chi connectivity index (χ2v) is 7.82. The van der Waals surface area contributed by atoms with Crippen molar-refractivity contribution in [2.75, 3.05) is 6.61 Å². The number of nitrogens with zero attached hydrogens (tertiary/aromatic N) is 1. The molecule has 0 atom stereocenters. The van der Waals surface area contributed by atoms with Crippen LogP contribution in [-0.2, 0) is 6.54 Å². The maximum atomic E-state index is 5.88. The van der Waals surface area contributed by atoms with Gasteiger partial charge < -0.3 is 4.74 Å². The van der Waals surface area contributed by atoms with Gasteiger partial charge in [0.15, 0.2) is 0 Å². The van der Waals surface area contributed by atoms with E-state index >= 15 is 0 Å². The van der Waals surface area contributed by atoms with Crippen molar-refractivity contribution in [3.63, 3.8) is 0 Å². The molecule has 0 bridgehead atoms. The van der Waals surface area contributed by atoms with Crippen LogP contribution in [0.25, 0.3) is 0 Å². The maximum absolute atomic E-state index is 5.88. The maximum Gasteiger partial charge on any atom is 0.143 e. The molecule has 0 radical (unpaired) electrons. The van der Waals surface area contributed by atoms with E-state index in [1.165, 1.54) is 22.6 Å². The largest absolute Gasteiger partial charge is 0.494 e. The van der Waals surface area contributed by atoms with Crippen molar-refractivity contribution in [2.45, 2.75) is 26.3 Å². The van der Waals surface area contributed by atoms with E-state index in [2.05, 4.69) is 122 Å². The minimum absolute atomic E-state index is 0.624. The van der Waals surface area contributed by atoms with E-state index in [0.29, 0.717) is 4.48 Å². The molecular weight excluding hydrogens is 378 g/mol. The summed E-state index contributed by atoms with van der Waals surface area (Å²) in [4.78, 5) is 0. The van der Waals surface area contributed by atoms with Crippen molar-refractivity contribution in [1.82, 2.24) is 4.48 Å². The lowest BCUT2D eigenvalue weighted by Crippen LogP contribution is -2.38. The van der Waals surface area contributed by atoms with Crippen LogP contribution in [0.15, 0.2) is 115 Å². The highest BCUT2D eigenvalue weighted by atomic mass is 16.5. The van der Waals surface area contributed by atoms with E-state index in [0.717, 1.165) is 31.7 Å². The van der Waals surface area contributed by atoms with Gasteiger partial charge in [0.2, 0.25) is 0 Å². The monoisotopic (exact) mass is 408 g/mol. The molecule has 0 unspecified atom stereocenters. The highest BCUT2D eigenvalue weighted by Crippen LogP contribution is 2.45. The second kappa shape index (κ2) is 10.1. The van der Waals surface area contributed by atoms with Gasteiger partial charge in [0, 0.05) is 5.56 Å². The SMILES string of the molecule is CCCCOc1ccc(C[N+](c2ccccc2)(c2ccccc2)c2ccccc2)cc1. The van der Waals surface area contributed by atoms with Crippen LogP contribution >= 0.6 is 0 Å². The molecule has 2 heteroatoms. The summed E-state index contributed by atoms with van der Waals surface area (Å²) in [6.07, 6.45) is 2.22.